The number of para-hydroxylation sites is 1. The van der Waals surface area contributed by atoms with Crippen LogP contribution in [-0.4, -0.2) is 10.4 Å². The van der Waals surface area contributed by atoms with E-state index >= 15 is 0 Å². The van der Waals surface area contributed by atoms with Gasteiger partial charge in [-0.05, 0) is 44.2 Å². The van der Waals surface area contributed by atoms with Gasteiger partial charge in [0.2, 0.25) is 0 Å². The lowest BCUT2D eigenvalue weighted by Crippen LogP contribution is -2.01. The molecule has 2 aromatic carbocycles. The second-order valence-electron chi connectivity index (χ2n) is 5.38. The van der Waals surface area contributed by atoms with Gasteiger partial charge >= 0.3 is 0 Å². The summed E-state index contributed by atoms with van der Waals surface area (Å²) in [6.07, 6.45) is 0. The topological polar surface area (TPSA) is 48.0 Å². The third-order valence-corrected chi connectivity index (χ3v) is 3.82. The van der Waals surface area contributed by atoms with Gasteiger partial charge in [-0.3, -0.25) is 4.79 Å². The van der Waals surface area contributed by atoms with E-state index in [1.165, 1.54) is 0 Å². The van der Waals surface area contributed by atoms with E-state index in [1.807, 2.05) is 67.6 Å². The highest BCUT2D eigenvalue weighted by Crippen LogP contribution is 2.30. The normalized spacial score (nSPS) is 10.6. The van der Waals surface area contributed by atoms with Crippen LogP contribution in [0.4, 0.5) is 5.69 Å². The van der Waals surface area contributed by atoms with Crippen molar-refractivity contribution in [2.45, 2.75) is 13.8 Å². The van der Waals surface area contributed by atoms with Crippen LogP contribution in [0.15, 0.2) is 60.7 Å². The minimum atomic E-state index is 0.0670. The van der Waals surface area contributed by atoms with Crippen molar-refractivity contribution in [2.75, 3.05) is 5.73 Å². The van der Waals surface area contributed by atoms with Crippen LogP contribution in [0.3, 0.4) is 0 Å². The first-order valence-corrected chi connectivity index (χ1v) is 7.22. The van der Waals surface area contributed by atoms with Crippen molar-refractivity contribution >= 4 is 11.5 Å². The molecular formula is C19H18N2O. The molecule has 2 N–H and O–H groups in total. The van der Waals surface area contributed by atoms with Crippen LogP contribution >= 0.6 is 0 Å². The van der Waals surface area contributed by atoms with Crippen molar-refractivity contribution in [1.29, 1.82) is 0 Å². The summed E-state index contributed by atoms with van der Waals surface area (Å²) in [5, 5.41) is 0. The number of nitrogens with two attached hydrogens (primary N) is 1. The van der Waals surface area contributed by atoms with Gasteiger partial charge in [0.05, 0.1) is 5.69 Å². The minimum absolute atomic E-state index is 0.0670. The summed E-state index contributed by atoms with van der Waals surface area (Å²) in [7, 11) is 0. The number of nitrogen functional groups attached to an aromatic ring is 1. The Morgan fingerprint density at radius 1 is 1.00 bits per heavy atom. The molecule has 0 radical (unpaired) electrons. The van der Waals surface area contributed by atoms with Crippen LogP contribution < -0.4 is 5.73 Å². The van der Waals surface area contributed by atoms with Crippen LogP contribution in [0.2, 0.25) is 0 Å². The predicted molar refractivity (Wildman–Crippen MR) is 90.4 cm³/mol. The molecule has 0 saturated heterocycles. The van der Waals surface area contributed by atoms with E-state index in [1.54, 1.807) is 6.92 Å². The number of ketones is 1. The molecule has 0 saturated carbocycles. The van der Waals surface area contributed by atoms with E-state index in [-0.39, 0.29) is 5.78 Å². The maximum Gasteiger partial charge on any atom is 0.161 e. The Balaban J connectivity index is 2.30. The molecule has 0 fully saturated rings. The fourth-order valence-corrected chi connectivity index (χ4v) is 2.78. The van der Waals surface area contributed by atoms with Gasteiger partial charge in [-0.25, -0.2) is 0 Å². The van der Waals surface area contributed by atoms with Crippen molar-refractivity contribution in [3.63, 3.8) is 0 Å². The number of rotatable bonds is 3. The molecule has 3 aromatic rings. The molecule has 0 amide bonds. The van der Waals surface area contributed by atoms with Crippen LogP contribution in [0.25, 0.3) is 16.9 Å². The largest absolute Gasteiger partial charge is 0.399 e. The van der Waals surface area contributed by atoms with Crippen molar-refractivity contribution in [3.8, 4) is 16.9 Å². The van der Waals surface area contributed by atoms with E-state index < -0.39 is 0 Å². The molecule has 0 spiro atoms. The molecule has 0 unspecified atom stereocenters. The molecule has 0 aliphatic heterocycles. The van der Waals surface area contributed by atoms with Gasteiger partial charge in [0, 0.05) is 28.2 Å². The SMILES string of the molecule is CC(=O)c1cc(-c2cccc(N)c2)n(-c2ccccc2)c1C. The van der Waals surface area contributed by atoms with E-state index in [9.17, 15) is 4.79 Å². The lowest BCUT2D eigenvalue weighted by molar-refractivity contribution is 0.101. The van der Waals surface area contributed by atoms with Crippen LogP contribution in [0.1, 0.15) is 23.0 Å². The highest BCUT2D eigenvalue weighted by Gasteiger charge is 2.17. The van der Waals surface area contributed by atoms with Crippen LogP contribution in [0, 0.1) is 6.92 Å². The quantitative estimate of drug-likeness (QED) is 0.579. The maximum atomic E-state index is 11.9. The molecule has 3 rings (SSSR count). The van der Waals surface area contributed by atoms with Crippen molar-refractivity contribution in [2.24, 2.45) is 0 Å². The summed E-state index contributed by atoms with van der Waals surface area (Å²) in [6, 6.07) is 19.7. The molecule has 1 heterocycles. The first-order chi connectivity index (χ1) is 10.6. The molecule has 110 valence electrons. The number of Topliss-reactive ketones (excluding diaryl/α,β-unsaturated/α-hetero) is 1. The fourth-order valence-electron chi connectivity index (χ4n) is 2.78. The monoisotopic (exact) mass is 290 g/mol. The van der Waals surface area contributed by atoms with Gasteiger partial charge in [0.1, 0.15) is 0 Å². The molecule has 0 bridgehead atoms. The molecule has 3 nitrogen and oxygen atoms in total. The summed E-state index contributed by atoms with van der Waals surface area (Å²) in [4.78, 5) is 11.9. The summed E-state index contributed by atoms with van der Waals surface area (Å²) >= 11 is 0. The Bertz CT molecular complexity index is 832. The van der Waals surface area contributed by atoms with Gasteiger partial charge in [0.25, 0.3) is 0 Å². The van der Waals surface area contributed by atoms with Crippen LogP contribution in [0.5, 0.6) is 0 Å². The van der Waals surface area contributed by atoms with Gasteiger partial charge in [-0.1, -0.05) is 30.3 Å². The van der Waals surface area contributed by atoms with E-state index in [0.29, 0.717) is 5.69 Å². The Kier molecular flexibility index (Phi) is 3.55. The smallest absolute Gasteiger partial charge is 0.161 e. The first-order valence-electron chi connectivity index (χ1n) is 7.22. The molecule has 1 aromatic heterocycles. The zero-order valence-electron chi connectivity index (χ0n) is 12.7. The number of anilines is 1. The standard InChI is InChI=1S/C19H18N2O/c1-13-18(14(2)22)12-19(15-7-6-8-16(20)11-15)21(13)17-9-4-3-5-10-17/h3-12H,20H2,1-2H3. The number of carbonyl (C=O) groups is 1. The van der Waals surface area contributed by atoms with Crippen LogP contribution in [-0.2, 0) is 0 Å². The Hall–Kier alpha value is -2.81. The average Bonchev–Trinajstić information content (AvgIpc) is 2.86. The lowest BCUT2D eigenvalue weighted by atomic mass is 10.1. The van der Waals surface area contributed by atoms with Crippen molar-refractivity contribution in [1.82, 2.24) is 4.57 Å². The number of nitrogens with zero attached hydrogens (tertiary/aromatic N) is 1. The minimum Gasteiger partial charge on any atom is -0.399 e. The average molecular weight is 290 g/mol. The number of carbonyl (C=O) groups excluding carboxylic acids is 1. The predicted octanol–water partition coefficient (Wildman–Crippen LogP) is 4.24. The summed E-state index contributed by atoms with van der Waals surface area (Å²) in [5.41, 5.74) is 11.3. The van der Waals surface area contributed by atoms with Gasteiger partial charge in [-0.2, -0.15) is 0 Å². The second-order valence-corrected chi connectivity index (χ2v) is 5.38. The Labute approximate surface area is 130 Å². The zero-order chi connectivity index (χ0) is 15.7. The van der Waals surface area contributed by atoms with Gasteiger partial charge in [-0.15, -0.1) is 0 Å². The molecule has 22 heavy (non-hydrogen) atoms. The third-order valence-electron chi connectivity index (χ3n) is 3.82. The number of aromatic nitrogens is 1. The number of hydrogen-bond donors (Lipinski definition) is 1. The highest BCUT2D eigenvalue weighted by molar-refractivity contribution is 5.97. The third kappa shape index (κ3) is 2.42. The van der Waals surface area contributed by atoms with Crippen molar-refractivity contribution < 1.29 is 4.79 Å². The van der Waals surface area contributed by atoms with E-state index in [2.05, 4.69) is 4.57 Å². The molecule has 3 heteroatoms. The Morgan fingerprint density at radius 3 is 2.36 bits per heavy atom. The second kappa shape index (κ2) is 5.53. The summed E-state index contributed by atoms with van der Waals surface area (Å²) < 4.78 is 2.10. The van der Waals surface area contributed by atoms with E-state index in [0.717, 1.165) is 28.2 Å². The van der Waals surface area contributed by atoms with E-state index in [4.69, 9.17) is 5.73 Å². The summed E-state index contributed by atoms with van der Waals surface area (Å²) in [6.45, 7) is 3.57. The summed E-state index contributed by atoms with van der Waals surface area (Å²) in [5.74, 6) is 0.0670. The molecule has 0 atom stereocenters. The zero-order valence-corrected chi connectivity index (χ0v) is 12.7. The highest BCUT2D eigenvalue weighted by atomic mass is 16.1. The van der Waals surface area contributed by atoms with Crippen molar-refractivity contribution in [3.05, 3.63) is 71.9 Å². The molecule has 0 aliphatic carbocycles. The molecular weight excluding hydrogens is 272 g/mol. The maximum absolute atomic E-state index is 11.9. The number of benzene rings is 2. The van der Waals surface area contributed by atoms with Gasteiger partial charge in [0.15, 0.2) is 5.78 Å². The van der Waals surface area contributed by atoms with Gasteiger partial charge < -0.3 is 10.3 Å². The fraction of sp³-hybridized carbons (Fsp3) is 0.105. The Morgan fingerprint density at radius 2 is 1.73 bits per heavy atom. The number of hydrogen-bond acceptors (Lipinski definition) is 2. The molecule has 0 aliphatic rings. The first kappa shape index (κ1) is 14.1. The lowest BCUT2D eigenvalue weighted by Gasteiger charge is -2.12.